The predicted octanol–water partition coefficient (Wildman–Crippen LogP) is 4.08. The summed E-state index contributed by atoms with van der Waals surface area (Å²) in [6.45, 7) is 3.29. The number of nitrogens with zero attached hydrogens (tertiary/aromatic N) is 1. The third-order valence-corrected chi connectivity index (χ3v) is 3.43. The van der Waals surface area contributed by atoms with Gasteiger partial charge in [0.25, 0.3) is 0 Å². The van der Waals surface area contributed by atoms with Gasteiger partial charge in [0.05, 0.1) is 0 Å². The van der Waals surface area contributed by atoms with Crippen molar-refractivity contribution in [3.05, 3.63) is 59.7 Å². The molecule has 0 N–H and O–H groups in total. The van der Waals surface area contributed by atoms with Crippen molar-refractivity contribution in [1.82, 2.24) is 0 Å². The van der Waals surface area contributed by atoms with Crippen molar-refractivity contribution in [3.8, 4) is 0 Å². The third kappa shape index (κ3) is 1.93. The summed E-state index contributed by atoms with van der Waals surface area (Å²) in [7, 11) is 0. The summed E-state index contributed by atoms with van der Waals surface area (Å²) in [5.41, 5.74) is 5.51. The van der Waals surface area contributed by atoms with E-state index in [2.05, 4.69) is 60.4 Å². The Kier molecular flexibility index (Phi) is 2.60. The number of fused-ring (bicyclic) bond motifs is 1. The highest BCUT2D eigenvalue weighted by Crippen LogP contribution is 2.33. The molecule has 0 bridgehead atoms. The summed E-state index contributed by atoms with van der Waals surface area (Å²) < 4.78 is 0. The monoisotopic (exact) mass is 223 g/mol. The van der Waals surface area contributed by atoms with Crippen LogP contribution in [0.2, 0.25) is 0 Å². The summed E-state index contributed by atoms with van der Waals surface area (Å²) >= 11 is 0. The van der Waals surface area contributed by atoms with Gasteiger partial charge in [-0.15, -0.1) is 0 Å². The van der Waals surface area contributed by atoms with Crippen LogP contribution < -0.4 is 4.90 Å². The molecule has 0 radical (unpaired) electrons. The van der Waals surface area contributed by atoms with E-state index in [-0.39, 0.29) is 0 Å². The van der Waals surface area contributed by atoms with Crippen molar-refractivity contribution in [2.24, 2.45) is 0 Å². The van der Waals surface area contributed by atoms with Crippen LogP contribution in [0.4, 0.5) is 11.4 Å². The van der Waals surface area contributed by atoms with Gasteiger partial charge in [-0.3, -0.25) is 0 Å². The molecule has 0 spiro atoms. The number of rotatable bonds is 1. The molecule has 2 aromatic carbocycles. The number of benzene rings is 2. The summed E-state index contributed by atoms with van der Waals surface area (Å²) in [5, 5.41) is 0. The van der Waals surface area contributed by atoms with Gasteiger partial charge in [-0.25, -0.2) is 0 Å². The fourth-order valence-electron chi connectivity index (χ4n) is 2.56. The SMILES string of the molecule is Cc1ccc2c(c1)N(c1ccccc1)CCC2. The number of aryl methyl sites for hydroxylation is 2. The molecule has 0 unspecified atom stereocenters. The lowest BCUT2D eigenvalue weighted by molar-refractivity contribution is 0.766. The molecule has 0 saturated heterocycles. The molecule has 0 amide bonds. The summed E-state index contributed by atoms with van der Waals surface area (Å²) in [6, 6.07) is 17.5. The van der Waals surface area contributed by atoms with E-state index in [1.165, 1.54) is 35.3 Å². The van der Waals surface area contributed by atoms with Crippen LogP contribution in [0.15, 0.2) is 48.5 Å². The quantitative estimate of drug-likeness (QED) is 0.704. The van der Waals surface area contributed by atoms with Crippen LogP contribution >= 0.6 is 0 Å². The van der Waals surface area contributed by atoms with Gasteiger partial charge < -0.3 is 4.90 Å². The van der Waals surface area contributed by atoms with Gasteiger partial charge in [-0.05, 0) is 49.1 Å². The van der Waals surface area contributed by atoms with Gasteiger partial charge in [-0.1, -0.05) is 30.3 Å². The second kappa shape index (κ2) is 4.25. The fraction of sp³-hybridized carbons (Fsp3) is 0.250. The molecule has 86 valence electrons. The fourth-order valence-corrected chi connectivity index (χ4v) is 2.56. The first-order valence-corrected chi connectivity index (χ1v) is 6.27. The van der Waals surface area contributed by atoms with Crippen molar-refractivity contribution in [3.63, 3.8) is 0 Å². The molecule has 0 aromatic heterocycles. The second-order valence-electron chi connectivity index (χ2n) is 4.72. The van der Waals surface area contributed by atoms with Crippen LogP contribution in [-0.4, -0.2) is 6.54 Å². The van der Waals surface area contributed by atoms with Crippen molar-refractivity contribution in [1.29, 1.82) is 0 Å². The van der Waals surface area contributed by atoms with Crippen LogP contribution in [0.25, 0.3) is 0 Å². The molecule has 3 rings (SSSR count). The largest absolute Gasteiger partial charge is 0.341 e. The molecule has 0 aliphatic carbocycles. The van der Waals surface area contributed by atoms with E-state index < -0.39 is 0 Å². The zero-order valence-electron chi connectivity index (χ0n) is 10.2. The van der Waals surface area contributed by atoms with Crippen LogP contribution in [0, 0.1) is 6.92 Å². The highest BCUT2D eigenvalue weighted by atomic mass is 15.1. The summed E-state index contributed by atoms with van der Waals surface area (Å²) in [4.78, 5) is 2.44. The molecule has 0 atom stereocenters. The van der Waals surface area contributed by atoms with Crippen LogP contribution in [0.5, 0.6) is 0 Å². The molecular formula is C16H17N. The molecule has 1 heteroatoms. The van der Waals surface area contributed by atoms with Crippen molar-refractivity contribution >= 4 is 11.4 Å². The van der Waals surface area contributed by atoms with Gasteiger partial charge >= 0.3 is 0 Å². The molecule has 2 aromatic rings. The smallest absolute Gasteiger partial charge is 0.0445 e. The lowest BCUT2D eigenvalue weighted by Gasteiger charge is -2.31. The van der Waals surface area contributed by atoms with E-state index >= 15 is 0 Å². The molecule has 0 saturated carbocycles. The van der Waals surface area contributed by atoms with Gasteiger partial charge in [0.2, 0.25) is 0 Å². The minimum Gasteiger partial charge on any atom is -0.341 e. The van der Waals surface area contributed by atoms with Gasteiger partial charge in [-0.2, -0.15) is 0 Å². The standard InChI is InChI=1S/C16H17N/c1-13-9-10-14-6-5-11-17(16(14)12-13)15-7-3-2-4-8-15/h2-4,7-10,12H,5-6,11H2,1H3. The van der Waals surface area contributed by atoms with E-state index in [9.17, 15) is 0 Å². The van der Waals surface area contributed by atoms with Gasteiger partial charge in [0.15, 0.2) is 0 Å². The van der Waals surface area contributed by atoms with Crippen LogP contribution in [-0.2, 0) is 6.42 Å². The average Bonchev–Trinajstić information content (AvgIpc) is 2.39. The lowest BCUT2D eigenvalue weighted by atomic mass is 9.99. The Balaban J connectivity index is 2.08. The second-order valence-corrected chi connectivity index (χ2v) is 4.72. The average molecular weight is 223 g/mol. The maximum absolute atomic E-state index is 2.44. The third-order valence-electron chi connectivity index (χ3n) is 3.43. The zero-order valence-corrected chi connectivity index (χ0v) is 10.2. The molecule has 1 nitrogen and oxygen atoms in total. The van der Waals surface area contributed by atoms with E-state index in [0.717, 1.165) is 6.54 Å². The zero-order chi connectivity index (χ0) is 11.7. The molecule has 17 heavy (non-hydrogen) atoms. The number of anilines is 2. The summed E-state index contributed by atoms with van der Waals surface area (Å²) in [6.07, 6.45) is 2.45. The summed E-state index contributed by atoms with van der Waals surface area (Å²) in [5.74, 6) is 0. The Morgan fingerprint density at radius 1 is 1.00 bits per heavy atom. The van der Waals surface area contributed by atoms with Gasteiger partial charge in [0.1, 0.15) is 0 Å². The molecule has 0 fully saturated rings. The van der Waals surface area contributed by atoms with Crippen molar-refractivity contribution < 1.29 is 0 Å². The van der Waals surface area contributed by atoms with Crippen LogP contribution in [0.3, 0.4) is 0 Å². The first-order chi connectivity index (χ1) is 8.34. The van der Waals surface area contributed by atoms with E-state index in [4.69, 9.17) is 0 Å². The molecule has 1 heterocycles. The number of hydrogen-bond acceptors (Lipinski definition) is 1. The normalized spacial score (nSPS) is 14.5. The minimum atomic E-state index is 1.13. The van der Waals surface area contributed by atoms with E-state index in [0.29, 0.717) is 0 Å². The highest BCUT2D eigenvalue weighted by molar-refractivity contribution is 5.68. The Morgan fingerprint density at radius 2 is 1.82 bits per heavy atom. The first-order valence-electron chi connectivity index (χ1n) is 6.27. The van der Waals surface area contributed by atoms with Crippen molar-refractivity contribution in [2.75, 3.05) is 11.4 Å². The molecule has 1 aliphatic heterocycles. The molecule has 1 aliphatic rings. The van der Waals surface area contributed by atoms with Gasteiger partial charge in [0, 0.05) is 17.9 Å². The number of hydrogen-bond donors (Lipinski definition) is 0. The Bertz CT molecular complexity index is 516. The van der Waals surface area contributed by atoms with Crippen molar-refractivity contribution in [2.45, 2.75) is 19.8 Å². The Hall–Kier alpha value is -1.76. The Morgan fingerprint density at radius 3 is 2.65 bits per heavy atom. The maximum atomic E-state index is 2.44. The van der Waals surface area contributed by atoms with Crippen LogP contribution in [0.1, 0.15) is 17.5 Å². The predicted molar refractivity (Wildman–Crippen MR) is 72.9 cm³/mol. The van der Waals surface area contributed by atoms with E-state index in [1.54, 1.807) is 0 Å². The maximum Gasteiger partial charge on any atom is 0.0445 e. The topological polar surface area (TPSA) is 3.24 Å². The highest BCUT2D eigenvalue weighted by Gasteiger charge is 2.17. The first kappa shape index (κ1) is 10.4. The number of para-hydroxylation sites is 1. The van der Waals surface area contributed by atoms with E-state index in [1.807, 2.05) is 0 Å². The Labute approximate surface area is 103 Å². The lowest BCUT2D eigenvalue weighted by Crippen LogP contribution is -2.24. The molecular weight excluding hydrogens is 206 g/mol. The minimum absolute atomic E-state index is 1.13.